The number of pyridine rings is 1. The average molecular weight is 387 g/mol. The summed E-state index contributed by atoms with van der Waals surface area (Å²) in [4.78, 5) is 31.7. The number of para-hydroxylation sites is 1. The van der Waals surface area contributed by atoms with Gasteiger partial charge < -0.3 is 10.1 Å². The molecule has 1 N–H and O–H groups in total. The van der Waals surface area contributed by atoms with E-state index in [2.05, 4.69) is 15.3 Å². The molecule has 4 rings (SSSR count). The molecule has 0 aliphatic carbocycles. The molecule has 2 aliphatic heterocycles. The van der Waals surface area contributed by atoms with Crippen molar-refractivity contribution < 1.29 is 27.5 Å². The number of halogens is 3. The molecule has 9 heteroatoms. The first-order valence-electron chi connectivity index (χ1n) is 8.23. The Morgan fingerprint density at radius 1 is 1.11 bits per heavy atom. The number of ether oxygens (including phenoxy) is 1. The minimum atomic E-state index is -4.75. The number of aromatic nitrogens is 1. The number of fused-ring (bicyclic) bond motifs is 2. The molecule has 1 aromatic heterocycles. The maximum absolute atomic E-state index is 12.7. The fourth-order valence-corrected chi connectivity index (χ4v) is 3.04. The standard InChI is InChI=1S/C19H12F3N3O3/c20-19(21,22)15-6-5-11(17(26)24-15)18(27)25-16-10-3-1-2-4-13(10)28-14-7-8-23-9-12(14)16/h1-9,11,16H,(H,25,27). The lowest BCUT2D eigenvalue weighted by atomic mass is 9.94. The molecule has 0 fully saturated rings. The number of nitrogens with one attached hydrogen (secondary N) is 1. The van der Waals surface area contributed by atoms with Gasteiger partial charge in [0.05, 0.1) is 6.04 Å². The number of hydrogen-bond donors (Lipinski definition) is 1. The lowest BCUT2D eigenvalue weighted by Gasteiger charge is -2.29. The molecule has 0 saturated heterocycles. The van der Waals surface area contributed by atoms with Crippen molar-refractivity contribution in [2.45, 2.75) is 12.2 Å². The second kappa shape index (κ2) is 6.59. The zero-order valence-electron chi connectivity index (χ0n) is 14.1. The number of nitrogens with zero attached hydrogens (tertiary/aromatic N) is 2. The average Bonchev–Trinajstić information content (AvgIpc) is 2.67. The van der Waals surface area contributed by atoms with Crippen molar-refractivity contribution in [3.63, 3.8) is 0 Å². The highest BCUT2D eigenvalue weighted by Crippen LogP contribution is 2.42. The van der Waals surface area contributed by atoms with E-state index in [0.717, 1.165) is 6.08 Å². The van der Waals surface area contributed by atoms with E-state index in [-0.39, 0.29) is 0 Å². The molecule has 0 bridgehead atoms. The Morgan fingerprint density at radius 2 is 1.86 bits per heavy atom. The van der Waals surface area contributed by atoms with Gasteiger partial charge in [0.15, 0.2) is 0 Å². The molecule has 1 aromatic carbocycles. The highest BCUT2D eigenvalue weighted by molar-refractivity contribution is 6.14. The molecule has 2 amide bonds. The van der Waals surface area contributed by atoms with Crippen LogP contribution in [0.1, 0.15) is 17.2 Å². The number of alkyl halides is 3. The van der Waals surface area contributed by atoms with Gasteiger partial charge in [0.25, 0.3) is 5.91 Å². The molecule has 142 valence electrons. The number of rotatable bonds is 2. The van der Waals surface area contributed by atoms with Crippen molar-refractivity contribution in [1.29, 1.82) is 0 Å². The van der Waals surface area contributed by atoms with E-state index < -0.39 is 35.7 Å². The fraction of sp³-hybridized carbons (Fsp3) is 0.158. The van der Waals surface area contributed by atoms with E-state index in [9.17, 15) is 22.8 Å². The summed E-state index contributed by atoms with van der Waals surface area (Å²) in [5.74, 6) is -2.36. The molecular weight excluding hydrogens is 375 g/mol. The van der Waals surface area contributed by atoms with Gasteiger partial charge in [0.1, 0.15) is 23.1 Å². The SMILES string of the molecule is O=C1N=C(C(F)(F)F)C=CC1C(=O)NC1c2ccccc2Oc2ccncc21. The third kappa shape index (κ3) is 3.15. The van der Waals surface area contributed by atoms with Crippen LogP contribution in [0.25, 0.3) is 0 Å². The fourth-order valence-electron chi connectivity index (χ4n) is 3.04. The number of aliphatic imine (C=N–C) groups is 1. The minimum absolute atomic E-state index is 0.488. The Kier molecular flexibility index (Phi) is 4.21. The van der Waals surface area contributed by atoms with Crippen LogP contribution in [0, 0.1) is 5.92 Å². The second-order valence-electron chi connectivity index (χ2n) is 6.16. The number of dihydropyridines is 1. The van der Waals surface area contributed by atoms with Crippen molar-refractivity contribution in [1.82, 2.24) is 10.3 Å². The Morgan fingerprint density at radius 3 is 2.61 bits per heavy atom. The summed E-state index contributed by atoms with van der Waals surface area (Å²) in [6.45, 7) is 0. The van der Waals surface area contributed by atoms with E-state index in [1.165, 1.54) is 12.4 Å². The van der Waals surface area contributed by atoms with Crippen molar-refractivity contribution in [3.8, 4) is 11.5 Å². The number of allylic oxidation sites excluding steroid dienone is 1. The molecule has 2 aliphatic rings. The molecule has 2 aromatic rings. The zero-order valence-corrected chi connectivity index (χ0v) is 14.1. The summed E-state index contributed by atoms with van der Waals surface area (Å²) in [6.07, 6.45) is -0.152. The van der Waals surface area contributed by atoms with E-state index in [1.807, 2.05) is 0 Å². The monoisotopic (exact) mass is 387 g/mol. The van der Waals surface area contributed by atoms with Crippen LogP contribution in [-0.2, 0) is 9.59 Å². The first kappa shape index (κ1) is 17.9. The van der Waals surface area contributed by atoms with Crippen LogP contribution in [0.2, 0.25) is 0 Å². The summed E-state index contributed by atoms with van der Waals surface area (Å²) in [6, 6.07) is 7.96. The quantitative estimate of drug-likeness (QED) is 0.803. The number of carbonyl (C=O) groups is 2. The highest BCUT2D eigenvalue weighted by Gasteiger charge is 2.39. The zero-order chi connectivity index (χ0) is 19.9. The summed E-state index contributed by atoms with van der Waals surface area (Å²) in [5.41, 5.74) is -0.114. The largest absolute Gasteiger partial charge is 0.456 e. The summed E-state index contributed by atoms with van der Waals surface area (Å²) < 4.78 is 43.9. The summed E-state index contributed by atoms with van der Waals surface area (Å²) >= 11 is 0. The highest BCUT2D eigenvalue weighted by atomic mass is 19.4. The second-order valence-corrected chi connectivity index (χ2v) is 6.16. The van der Waals surface area contributed by atoms with Gasteiger partial charge in [-0.2, -0.15) is 13.2 Å². The van der Waals surface area contributed by atoms with Crippen molar-refractivity contribution in [2.24, 2.45) is 10.9 Å². The van der Waals surface area contributed by atoms with Gasteiger partial charge in [-0.3, -0.25) is 14.6 Å². The summed E-state index contributed by atoms with van der Waals surface area (Å²) in [7, 11) is 0. The number of carbonyl (C=O) groups excluding carboxylic acids is 2. The van der Waals surface area contributed by atoms with Gasteiger partial charge in [-0.15, -0.1) is 0 Å². The minimum Gasteiger partial charge on any atom is -0.456 e. The third-order valence-electron chi connectivity index (χ3n) is 4.37. The molecule has 28 heavy (non-hydrogen) atoms. The van der Waals surface area contributed by atoms with Gasteiger partial charge in [0.2, 0.25) is 5.91 Å². The third-order valence-corrected chi connectivity index (χ3v) is 4.37. The van der Waals surface area contributed by atoms with Crippen LogP contribution in [0.15, 0.2) is 59.9 Å². The van der Waals surface area contributed by atoms with Crippen LogP contribution in [0.4, 0.5) is 13.2 Å². The molecule has 0 spiro atoms. The molecular formula is C19H12F3N3O3. The molecule has 0 saturated carbocycles. The Hall–Kier alpha value is -3.49. The molecule has 6 nitrogen and oxygen atoms in total. The Bertz CT molecular complexity index is 985. The lowest BCUT2D eigenvalue weighted by Crippen LogP contribution is -2.39. The lowest BCUT2D eigenvalue weighted by molar-refractivity contribution is -0.132. The number of amides is 2. The number of benzene rings is 1. The van der Waals surface area contributed by atoms with Gasteiger partial charge in [-0.1, -0.05) is 24.3 Å². The van der Waals surface area contributed by atoms with E-state index in [1.54, 1.807) is 30.3 Å². The van der Waals surface area contributed by atoms with Gasteiger partial charge in [0, 0.05) is 23.5 Å². The van der Waals surface area contributed by atoms with Crippen molar-refractivity contribution in [3.05, 3.63) is 66.0 Å². The smallest absolute Gasteiger partial charge is 0.433 e. The first-order chi connectivity index (χ1) is 13.3. The van der Waals surface area contributed by atoms with Crippen LogP contribution < -0.4 is 10.1 Å². The van der Waals surface area contributed by atoms with Crippen molar-refractivity contribution in [2.75, 3.05) is 0 Å². The number of hydrogen-bond acceptors (Lipinski definition) is 4. The van der Waals surface area contributed by atoms with Crippen LogP contribution in [0.5, 0.6) is 11.5 Å². The van der Waals surface area contributed by atoms with Gasteiger partial charge in [-0.25, -0.2) is 4.99 Å². The van der Waals surface area contributed by atoms with Gasteiger partial charge in [-0.05, 0) is 18.2 Å². The van der Waals surface area contributed by atoms with Crippen LogP contribution in [-0.4, -0.2) is 28.7 Å². The topological polar surface area (TPSA) is 80.7 Å². The molecule has 3 heterocycles. The van der Waals surface area contributed by atoms with Crippen molar-refractivity contribution >= 4 is 17.5 Å². The maximum Gasteiger partial charge on any atom is 0.433 e. The molecule has 0 radical (unpaired) electrons. The Balaban J connectivity index is 1.62. The predicted molar refractivity (Wildman–Crippen MR) is 91.9 cm³/mol. The van der Waals surface area contributed by atoms with E-state index >= 15 is 0 Å². The normalized spacial score (nSPS) is 20.5. The summed E-state index contributed by atoms with van der Waals surface area (Å²) in [5, 5.41) is 2.70. The maximum atomic E-state index is 12.7. The van der Waals surface area contributed by atoms with Crippen LogP contribution >= 0.6 is 0 Å². The Labute approximate surface area is 156 Å². The van der Waals surface area contributed by atoms with E-state index in [0.29, 0.717) is 28.7 Å². The van der Waals surface area contributed by atoms with Gasteiger partial charge >= 0.3 is 6.18 Å². The first-order valence-corrected chi connectivity index (χ1v) is 8.23. The molecule has 2 unspecified atom stereocenters. The van der Waals surface area contributed by atoms with E-state index in [4.69, 9.17) is 4.74 Å². The molecule has 2 atom stereocenters. The van der Waals surface area contributed by atoms with Crippen LogP contribution in [0.3, 0.4) is 0 Å². The predicted octanol–water partition coefficient (Wildman–Crippen LogP) is 3.11.